The highest BCUT2D eigenvalue weighted by Gasteiger charge is 2.23. The predicted octanol–water partition coefficient (Wildman–Crippen LogP) is 4.23. The van der Waals surface area contributed by atoms with Crippen LogP contribution in [0.5, 0.6) is 0 Å². The minimum atomic E-state index is -0.104. The molecule has 1 heterocycles. The first kappa shape index (κ1) is 13.9. The molecule has 0 N–H and O–H groups in total. The second-order valence-corrected chi connectivity index (χ2v) is 6.16. The third-order valence-electron chi connectivity index (χ3n) is 2.37. The van der Waals surface area contributed by atoms with Gasteiger partial charge in [-0.2, -0.15) is 5.10 Å². The third-order valence-corrected chi connectivity index (χ3v) is 3.03. The van der Waals surface area contributed by atoms with Crippen molar-refractivity contribution in [3.63, 3.8) is 0 Å². The van der Waals surface area contributed by atoms with Gasteiger partial charge in [0.15, 0.2) is 0 Å². The second kappa shape index (κ2) is 4.97. The highest BCUT2D eigenvalue weighted by atomic mass is 35.5. The van der Waals surface area contributed by atoms with Crippen molar-refractivity contribution in [2.45, 2.75) is 52.5 Å². The zero-order valence-corrected chi connectivity index (χ0v) is 12.2. The molecule has 0 saturated carbocycles. The van der Waals surface area contributed by atoms with Crippen LogP contribution in [0.25, 0.3) is 0 Å². The van der Waals surface area contributed by atoms with Gasteiger partial charge in [-0.3, -0.25) is 0 Å². The Morgan fingerprint density at radius 2 is 1.88 bits per heavy atom. The molecule has 0 saturated heterocycles. The quantitative estimate of drug-likeness (QED) is 0.746. The Morgan fingerprint density at radius 1 is 1.31 bits per heavy atom. The van der Waals surface area contributed by atoms with E-state index >= 15 is 0 Å². The van der Waals surface area contributed by atoms with Gasteiger partial charge >= 0.3 is 0 Å². The van der Waals surface area contributed by atoms with E-state index in [2.05, 4.69) is 39.7 Å². The van der Waals surface area contributed by atoms with Crippen LogP contribution in [0.4, 0.5) is 0 Å². The monoisotopic (exact) mass is 262 g/mol. The number of hydrogen-bond donors (Lipinski definition) is 0. The third kappa shape index (κ3) is 2.92. The van der Waals surface area contributed by atoms with Crippen LogP contribution in [0, 0.1) is 5.92 Å². The summed E-state index contributed by atoms with van der Waals surface area (Å²) in [7, 11) is 0. The van der Waals surface area contributed by atoms with Crippen LogP contribution in [0.1, 0.15) is 45.9 Å². The molecule has 0 aliphatic carbocycles. The topological polar surface area (TPSA) is 17.8 Å². The summed E-state index contributed by atoms with van der Waals surface area (Å²) in [5.41, 5.74) is 1.91. The molecule has 92 valence electrons. The van der Waals surface area contributed by atoms with E-state index in [1.165, 1.54) is 0 Å². The molecule has 1 rings (SSSR count). The van der Waals surface area contributed by atoms with Gasteiger partial charge in [0.1, 0.15) is 5.15 Å². The lowest BCUT2D eigenvalue weighted by Crippen LogP contribution is -2.23. The van der Waals surface area contributed by atoms with Gasteiger partial charge in [-0.25, -0.2) is 4.68 Å². The van der Waals surface area contributed by atoms with Crippen LogP contribution < -0.4 is 0 Å². The largest absolute Gasteiger partial charge is 0.248 e. The minimum absolute atomic E-state index is 0.104. The molecule has 0 fully saturated rings. The van der Waals surface area contributed by atoms with Gasteiger partial charge in [0.05, 0.1) is 17.1 Å². The standard InChI is InChI=1S/C12H20Cl2N2/c1-8(2)6-10-9(7-13)11(14)16(15-10)12(3,4)5/h8H,6-7H2,1-5H3. The van der Waals surface area contributed by atoms with Crippen molar-refractivity contribution in [2.75, 3.05) is 0 Å². The summed E-state index contributed by atoms with van der Waals surface area (Å²) < 4.78 is 1.87. The molecule has 0 atom stereocenters. The Bertz CT molecular complexity index is 362. The van der Waals surface area contributed by atoms with Crippen LogP contribution in [-0.4, -0.2) is 9.78 Å². The first-order valence-corrected chi connectivity index (χ1v) is 6.51. The summed E-state index contributed by atoms with van der Waals surface area (Å²) in [5, 5.41) is 5.27. The molecule has 0 aromatic carbocycles. The Balaban J connectivity index is 3.20. The first-order chi connectivity index (χ1) is 7.27. The van der Waals surface area contributed by atoms with Crippen molar-refractivity contribution in [3.8, 4) is 0 Å². The summed E-state index contributed by atoms with van der Waals surface area (Å²) in [6.07, 6.45) is 0.921. The summed E-state index contributed by atoms with van der Waals surface area (Å²) in [5.74, 6) is 0.984. The molecular formula is C12H20Cl2N2. The molecule has 0 bridgehead atoms. The summed E-state index contributed by atoms with van der Waals surface area (Å²) >= 11 is 12.3. The molecule has 0 radical (unpaired) electrons. The SMILES string of the molecule is CC(C)Cc1nn(C(C)(C)C)c(Cl)c1CCl. The first-order valence-electron chi connectivity index (χ1n) is 5.60. The van der Waals surface area contributed by atoms with Crippen molar-refractivity contribution in [1.29, 1.82) is 0 Å². The van der Waals surface area contributed by atoms with Crippen LogP contribution in [0.3, 0.4) is 0 Å². The molecule has 4 heteroatoms. The normalized spacial score (nSPS) is 12.5. The Kier molecular flexibility index (Phi) is 4.30. The molecule has 0 aliphatic heterocycles. The van der Waals surface area contributed by atoms with E-state index in [1.807, 2.05) is 4.68 Å². The Hall–Kier alpha value is -0.210. The maximum Gasteiger partial charge on any atom is 0.132 e. The average Bonchev–Trinajstić information content (AvgIpc) is 2.40. The number of aromatic nitrogens is 2. The summed E-state index contributed by atoms with van der Waals surface area (Å²) in [4.78, 5) is 0. The highest BCUT2D eigenvalue weighted by Crippen LogP contribution is 2.28. The number of rotatable bonds is 3. The fourth-order valence-electron chi connectivity index (χ4n) is 1.60. The van der Waals surface area contributed by atoms with E-state index in [9.17, 15) is 0 Å². The molecule has 16 heavy (non-hydrogen) atoms. The molecule has 2 nitrogen and oxygen atoms in total. The molecular weight excluding hydrogens is 243 g/mol. The highest BCUT2D eigenvalue weighted by molar-refractivity contribution is 6.31. The predicted molar refractivity (Wildman–Crippen MR) is 70.3 cm³/mol. The summed E-state index contributed by atoms with van der Waals surface area (Å²) in [6, 6.07) is 0. The van der Waals surface area contributed by atoms with E-state index in [4.69, 9.17) is 23.2 Å². The van der Waals surface area contributed by atoms with Crippen LogP contribution >= 0.6 is 23.2 Å². The lowest BCUT2D eigenvalue weighted by Gasteiger charge is -2.20. The zero-order chi connectivity index (χ0) is 12.5. The smallest absolute Gasteiger partial charge is 0.132 e. The van der Waals surface area contributed by atoms with Crippen LogP contribution in [-0.2, 0) is 17.8 Å². The van der Waals surface area contributed by atoms with Gasteiger partial charge in [-0.15, -0.1) is 11.6 Å². The maximum atomic E-state index is 6.31. The lowest BCUT2D eigenvalue weighted by molar-refractivity contribution is 0.352. The molecule has 0 amide bonds. The van der Waals surface area contributed by atoms with Crippen molar-refractivity contribution in [1.82, 2.24) is 9.78 Å². The number of nitrogens with zero attached hydrogens (tertiary/aromatic N) is 2. The van der Waals surface area contributed by atoms with E-state index in [1.54, 1.807) is 0 Å². The van der Waals surface area contributed by atoms with E-state index < -0.39 is 0 Å². The van der Waals surface area contributed by atoms with E-state index in [0.29, 0.717) is 17.0 Å². The molecule has 0 unspecified atom stereocenters. The average molecular weight is 263 g/mol. The Morgan fingerprint density at radius 3 is 2.25 bits per heavy atom. The number of hydrogen-bond acceptors (Lipinski definition) is 1. The van der Waals surface area contributed by atoms with Crippen molar-refractivity contribution in [3.05, 3.63) is 16.4 Å². The van der Waals surface area contributed by atoms with E-state index in [0.717, 1.165) is 17.7 Å². The fraction of sp³-hybridized carbons (Fsp3) is 0.750. The van der Waals surface area contributed by atoms with Gasteiger partial charge in [0.2, 0.25) is 0 Å². The Labute approximate surface area is 108 Å². The summed E-state index contributed by atoms with van der Waals surface area (Å²) in [6.45, 7) is 10.6. The van der Waals surface area contributed by atoms with Crippen molar-refractivity contribution in [2.24, 2.45) is 5.92 Å². The van der Waals surface area contributed by atoms with Crippen LogP contribution in [0.2, 0.25) is 5.15 Å². The zero-order valence-electron chi connectivity index (χ0n) is 10.6. The van der Waals surface area contributed by atoms with Gasteiger partial charge < -0.3 is 0 Å². The molecule has 1 aromatic heterocycles. The van der Waals surface area contributed by atoms with E-state index in [-0.39, 0.29) is 5.54 Å². The van der Waals surface area contributed by atoms with Gasteiger partial charge in [-0.05, 0) is 33.1 Å². The van der Waals surface area contributed by atoms with Gasteiger partial charge in [-0.1, -0.05) is 25.4 Å². The molecule has 0 aliphatic rings. The van der Waals surface area contributed by atoms with Crippen molar-refractivity contribution >= 4 is 23.2 Å². The minimum Gasteiger partial charge on any atom is -0.248 e. The maximum absolute atomic E-state index is 6.31. The lowest BCUT2D eigenvalue weighted by atomic mass is 10.1. The molecule has 0 spiro atoms. The van der Waals surface area contributed by atoms with Gasteiger partial charge in [0.25, 0.3) is 0 Å². The number of halogens is 2. The van der Waals surface area contributed by atoms with Crippen LogP contribution in [0.15, 0.2) is 0 Å². The number of alkyl halides is 1. The van der Waals surface area contributed by atoms with Crippen molar-refractivity contribution < 1.29 is 0 Å². The second-order valence-electron chi connectivity index (χ2n) is 5.53. The molecule has 1 aromatic rings. The van der Waals surface area contributed by atoms with Gasteiger partial charge in [0, 0.05) is 5.56 Å². The fourth-order valence-corrected chi connectivity index (χ4v) is 2.42.